The average molecular weight is 317 g/mol. The fourth-order valence-corrected chi connectivity index (χ4v) is 2.43. The van der Waals surface area contributed by atoms with Crippen molar-refractivity contribution in [3.05, 3.63) is 51.1 Å². The van der Waals surface area contributed by atoms with Crippen LogP contribution in [0.5, 0.6) is 0 Å². The van der Waals surface area contributed by atoms with Crippen molar-refractivity contribution in [3.8, 4) is 11.3 Å². The van der Waals surface area contributed by atoms with E-state index in [1.165, 1.54) is 6.07 Å². The number of carboxylic acid groups (broad SMARTS) is 1. The van der Waals surface area contributed by atoms with E-state index in [0.717, 1.165) is 0 Å². The van der Waals surface area contributed by atoms with Gasteiger partial charge in [-0.05, 0) is 35.9 Å². The Morgan fingerprint density at radius 3 is 2.26 bits per heavy atom. The summed E-state index contributed by atoms with van der Waals surface area (Å²) < 4.78 is 0. The molecule has 2 rings (SSSR count). The quantitative estimate of drug-likeness (QED) is 0.857. The van der Waals surface area contributed by atoms with E-state index in [1.807, 2.05) is 0 Å². The van der Waals surface area contributed by atoms with Gasteiger partial charge in [0.05, 0.1) is 12.1 Å². The Bertz CT molecular complexity index is 624. The molecule has 0 bridgehead atoms. The van der Waals surface area contributed by atoms with E-state index in [2.05, 4.69) is 4.98 Å². The van der Waals surface area contributed by atoms with Crippen LogP contribution in [-0.2, 0) is 11.2 Å². The van der Waals surface area contributed by atoms with E-state index in [0.29, 0.717) is 26.9 Å². The monoisotopic (exact) mass is 315 g/mol. The number of pyridine rings is 1. The maximum Gasteiger partial charge on any atom is 0.307 e. The number of nitrogens with zero attached hydrogens (tertiary/aromatic N) is 1. The van der Waals surface area contributed by atoms with Gasteiger partial charge in [0, 0.05) is 15.6 Å². The van der Waals surface area contributed by atoms with Crippen LogP contribution in [-0.4, -0.2) is 16.1 Å². The number of hydrogen-bond donors (Lipinski definition) is 1. The minimum atomic E-state index is -0.933. The molecule has 0 aliphatic heterocycles. The molecular weight excluding hydrogens is 309 g/mol. The van der Waals surface area contributed by atoms with Gasteiger partial charge in [-0.3, -0.25) is 4.79 Å². The van der Waals surface area contributed by atoms with Crippen molar-refractivity contribution >= 4 is 40.8 Å². The van der Waals surface area contributed by atoms with Crippen molar-refractivity contribution in [3.63, 3.8) is 0 Å². The lowest BCUT2D eigenvalue weighted by Crippen LogP contribution is -2.01. The molecule has 0 aliphatic rings. The molecule has 1 heterocycles. The van der Waals surface area contributed by atoms with Gasteiger partial charge in [0.25, 0.3) is 0 Å². The highest BCUT2D eigenvalue weighted by Crippen LogP contribution is 2.27. The molecule has 0 spiro atoms. The molecular formula is C13H8Cl3NO2. The number of carboxylic acids is 1. The summed E-state index contributed by atoms with van der Waals surface area (Å²) in [6.07, 6.45) is -0.121. The Balaban J connectivity index is 2.49. The summed E-state index contributed by atoms with van der Waals surface area (Å²) in [6, 6.07) is 8.16. The molecule has 1 aromatic carbocycles. The lowest BCUT2D eigenvalue weighted by Gasteiger charge is -2.06. The van der Waals surface area contributed by atoms with E-state index >= 15 is 0 Å². The van der Waals surface area contributed by atoms with Gasteiger partial charge in [-0.2, -0.15) is 0 Å². The first-order chi connectivity index (χ1) is 8.94. The van der Waals surface area contributed by atoms with E-state index in [1.54, 1.807) is 24.3 Å². The van der Waals surface area contributed by atoms with Gasteiger partial charge in [-0.25, -0.2) is 4.98 Å². The molecule has 0 fully saturated rings. The first-order valence-corrected chi connectivity index (χ1v) is 6.42. The first kappa shape index (κ1) is 14.1. The fraction of sp³-hybridized carbons (Fsp3) is 0.0769. The van der Waals surface area contributed by atoms with Crippen LogP contribution in [0.1, 0.15) is 5.56 Å². The maximum atomic E-state index is 10.7. The molecule has 0 atom stereocenters. The highest BCUT2D eigenvalue weighted by molar-refractivity contribution is 6.35. The summed E-state index contributed by atoms with van der Waals surface area (Å²) >= 11 is 17.7. The highest BCUT2D eigenvalue weighted by atomic mass is 35.5. The van der Waals surface area contributed by atoms with Gasteiger partial charge >= 0.3 is 5.97 Å². The van der Waals surface area contributed by atoms with Crippen LogP contribution in [0.3, 0.4) is 0 Å². The molecule has 98 valence electrons. The van der Waals surface area contributed by atoms with Crippen LogP contribution in [0.2, 0.25) is 15.2 Å². The topological polar surface area (TPSA) is 50.2 Å². The molecule has 19 heavy (non-hydrogen) atoms. The third-order valence-electron chi connectivity index (χ3n) is 2.37. The fourth-order valence-electron chi connectivity index (χ4n) is 1.68. The zero-order chi connectivity index (χ0) is 14.0. The average Bonchev–Trinajstić information content (AvgIpc) is 2.25. The Morgan fingerprint density at radius 2 is 1.68 bits per heavy atom. The molecule has 0 saturated heterocycles. The molecule has 1 N–H and O–H groups in total. The summed E-state index contributed by atoms with van der Waals surface area (Å²) in [5.41, 5.74) is 1.79. The Labute approximate surface area is 124 Å². The summed E-state index contributed by atoms with van der Waals surface area (Å²) in [4.78, 5) is 14.9. The predicted octanol–water partition coefficient (Wildman–Crippen LogP) is 4.34. The molecule has 2 aromatic rings. The Morgan fingerprint density at radius 1 is 1.05 bits per heavy atom. The van der Waals surface area contributed by atoms with Crippen molar-refractivity contribution in [2.75, 3.05) is 0 Å². The van der Waals surface area contributed by atoms with Gasteiger partial charge in [0.1, 0.15) is 5.15 Å². The van der Waals surface area contributed by atoms with Crippen LogP contribution in [0.15, 0.2) is 30.3 Å². The third kappa shape index (κ3) is 3.83. The van der Waals surface area contributed by atoms with E-state index < -0.39 is 5.97 Å². The van der Waals surface area contributed by atoms with Crippen molar-refractivity contribution in [2.45, 2.75) is 6.42 Å². The van der Waals surface area contributed by atoms with Crippen molar-refractivity contribution in [1.29, 1.82) is 0 Å². The standard InChI is InChI=1S/C13H8Cl3NO2/c14-9-4-8(5-10(15)6-9)11-1-7(3-13(18)19)2-12(16)17-11/h1-2,4-6H,3H2,(H,18,19). The molecule has 0 radical (unpaired) electrons. The number of rotatable bonds is 3. The molecule has 1 aromatic heterocycles. The second-order valence-corrected chi connectivity index (χ2v) is 5.17. The minimum Gasteiger partial charge on any atom is -0.481 e. The summed E-state index contributed by atoms with van der Waals surface area (Å²) in [5.74, 6) is -0.933. The highest BCUT2D eigenvalue weighted by Gasteiger charge is 2.08. The van der Waals surface area contributed by atoms with E-state index in [-0.39, 0.29) is 11.6 Å². The Hall–Kier alpha value is -1.29. The number of carbonyl (C=O) groups is 1. The van der Waals surface area contributed by atoms with Crippen LogP contribution >= 0.6 is 34.8 Å². The number of aliphatic carboxylic acids is 1. The van der Waals surface area contributed by atoms with Crippen LogP contribution in [0, 0.1) is 0 Å². The smallest absolute Gasteiger partial charge is 0.307 e. The molecule has 0 unspecified atom stereocenters. The number of halogens is 3. The summed E-state index contributed by atoms with van der Waals surface area (Å²) in [5, 5.41) is 9.98. The lowest BCUT2D eigenvalue weighted by molar-refractivity contribution is -0.136. The number of aromatic nitrogens is 1. The van der Waals surface area contributed by atoms with Crippen LogP contribution in [0.25, 0.3) is 11.3 Å². The van der Waals surface area contributed by atoms with Crippen molar-refractivity contribution in [1.82, 2.24) is 4.98 Å². The molecule has 6 heteroatoms. The first-order valence-electron chi connectivity index (χ1n) is 5.29. The maximum absolute atomic E-state index is 10.7. The zero-order valence-electron chi connectivity index (χ0n) is 9.53. The second-order valence-electron chi connectivity index (χ2n) is 3.91. The van der Waals surface area contributed by atoms with Crippen LogP contribution < -0.4 is 0 Å². The van der Waals surface area contributed by atoms with E-state index in [9.17, 15) is 4.79 Å². The molecule has 0 amide bonds. The van der Waals surface area contributed by atoms with Gasteiger partial charge < -0.3 is 5.11 Å². The van der Waals surface area contributed by atoms with Gasteiger partial charge in [-0.1, -0.05) is 34.8 Å². The lowest BCUT2D eigenvalue weighted by atomic mass is 10.1. The van der Waals surface area contributed by atoms with Crippen molar-refractivity contribution in [2.24, 2.45) is 0 Å². The normalized spacial score (nSPS) is 10.5. The molecule has 0 saturated carbocycles. The molecule has 3 nitrogen and oxygen atoms in total. The number of hydrogen-bond acceptors (Lipinski definition) is 2. The summed E-state index contributed by atoms with van der Waals surface area (Å²) in [6.45, 7) is 0. The largest absolute Gasteiger partial charge is 0.481 e. The number of benzene rings is 1. The Kier molecular flexibility index (Phi) is 4.30. The minimum absolute atomic E-state index is 0.121. The van der Waals surface area contributed by atoms with Crippen molar-refractivity contribution < 1.29 is 9.90 Å². The zero-order valence-corrected chi connectivity index (χ0v) is 11.8. The van der Waals surface area contributed by atoms with Gasteiger partial charge in [0.2, 0.25) is 0 Å². The predicted molar refractivity (Wildman–Crippen MR) is 76.0 cm³/mol. The molecule has 0 aliphatic carbocycles. The van der Waals surface area contributed by atoms with Gasteiger partial charge in [0.15, 0.2) is 0 Å². The third-order valence-corrected chi connectivity index (χ3v) is 3.00. The second kappa shape index (κ2) is 5.78. The van der Waals surface area contributed by atoms with Gasteiger partial charge in [-0.15, -0.1) is 0 Å². The summed E-state index contributed by atoms with van der Waals surface area (Å²) in [7, 11) is 0. The SMILES string of the molecule is O=C(O)Cc1cc(Cl)nc(-c2cc(Cl)cc(Cl)c2)c1. The van der Waals surface area contributed by atoms with Crippen LogP contribution in [0.4, 0.5) is 0 Å². The van der Waals surface area contributed by atoms with E-state index in [4.69, 9.17) is 39.9 Å².